The van der Waals surface area contributed by atoms with E-state index in [-0.39, 0.29) is 12.3 Å². The highest BCUT2D eigenvalue weighted by atomic mass is 32.2. The summed E-state index contributed by atoms with van der Waals surface area (Å²) in [5.74, 6) is -1.14. The zero-order valence-corrected chi connectivity index (χ0v) is 10.2. The molecule has 1 aliphatic rings. The Morgan fingerprint density at radius 3 is 2.17 bits per heavy atom. The summed E-state index contributed by atoms with van der Waals surface area (Å²) < 4.78 is 21.0. The number of carbonyl (C=O) groups is 2. The van der Waals surface area contributed by atoms with Crippen LogP contribution in [0.2, 0.25) is 0 Å². The quantitative estimate of drug-likeness (QED) is 0.584. The predicted molar refractivity (Wildman–Crippen MR) is 63.6 cm³/mol. The highest BCUT2D eigenvalue weighted by molar-refractivity contribution is 7.79. The van der Waals surface area contributed by atoms with E-state index in [0.717, 1.165) is 4.90 Å². The average molecular weight is 267 g/mol. The Hall–Kier alpha value is -1.57. The van der Waals surface area contributed by atoms with Gasteiger partial charge in [-0.15, -0.1) is 0 Å². The smallest absolute Gasteiger partial charge is 0.261 e. The molecule has 96 valence electrons. The van der Waals surface area contributed by atoms with Crippen molar-refractivity contribution in [2.24, 2.45) is 5.73 Å². The molecule has 1 aromatic carbocycles. The molecule has 0 bridgehead atoms. The van der Waals surface area contributed by atoms with Gasteiger partial charge >= 0.3 is 0 Å². The van der Waals surface area contributed by atoms with Crippen molar-refractivity contribution in [2.75, 3.05) is 12.3 Å². The molecule has 0 spiro atoms. The third kappa shape index (κ3) is 2.33. The number of benzene rings is 1. The van der Waals surface area contributed by atoms with Crippen LogP contribution < -0.4 is 5.73 Å². The summed E-state index contributed by atoms with van der Waals surface area (Å²) in [6, 6.07) is 5.69. The van der Waals surface area contributed by atoms with Gasteiger partial charge in [0.1, 0.15) is 0 Å². The topological polar surface area (TPSA) is 104 Å². The molecule has 1 aliphatic heterocycles. The molecular weight excluding hydrogens is 256 g/mol. The van der Waals surface area contributed by atoms with E-state index in [9.17, 15) is 18.4 Å². The first-order chi connectivity index (χ1) is 8.50. The molecule has 2 rings (SSSR count). The fourth-order valence-corrected chi connectivity index (χ4v) is 2.32. The van der Waals surface area contributed by atoms with Crippen molar-refractivity contribution in [1.29, 1.82) is 0 Å². The van der Waals surface area contributed by atoms with Crippen molar-refractivity contribution in [1.82, 2.24) is 4.90 Å². The minimum absolute atomic E-state index is 0.0969. The Morgan fingerprint density at radius 2 is 1.72 bits per heavy atom. The Labute approximate surface area is 106 Å². The third-order valence-electron chi connectivity index (χ3n) is 2.65. The Bertz CT molecular complexity index is 497. The molecule has 0 aromatic heterocycles. The maximum Gasteiger partial charge on any atom is 0.261 e. The predicted octanol–water partition coefficient (Wildman–Crippen LogP) is -0.511. The van der Waals surface area contributed by atoms with Crippen molar-refractivity contribution in [3.05, 3.63) is 35.4 Å². The number of rotatable bonds is 4. The van der Waals surface area contributed by atoms with Gasteiger partial charge in [-0.25, -0.2) is 0 Å². The minimum Gasteiger partial charge on any atom is -0.772 e. The van der Waals surface area contributed by atoms with E-state index < -0.39 is 28.9 Å². The molecule has 0 radical (unpaired) electrons. The van der Waals surface area contributed by atoms with E-state index >= 15 is 0 Å². The van der Waals surface area contributed by atoms with Crippen molar-refractivity contribution in [3.63, 3.8) is 0 Å². The summed E-state index contributed by atoms with van der Waals surface area (Å²) >= 11 is -2.29. The number of nitrogens with two attached hydrogens (primary N) is 1. The molecule has 1 unspecified atom stereocenters. The van der Waals surface area contributed by atoms with Crippen LogP contribution in [0.3, 0.4) is 0 Å². The van der Waals surface area contributed by atoms with Crippen LogP contribution in [0.5, 0.6) is 0 Å². The van der Waals surface area contributed by atoms with E-state index in [4.69, 9.17) is 5.73 Å². The van der Waals surface area contributed by atoms with Crippen molar-refractivity contribution >= 4 is 22.9 Å². The second kappa shape index (κ2) is 4.97. The number of fused-ring (bicyclic) bond motifs is 1. The number of hydrogen-bond donors (Lipinski definition) is 1. The molecule has 0 saturated heterocycles. The van der Waals surface area contributed by atoms with Gasteiger partial charge in [-0.05, 0) is 12.1 Å². The van der Waals surface area contributed by atoms with Crippen molar-refractivity contribution < 1.29 is 18.4 Å². The van der Waals surface area contributed by atoms with Gasteiger partial charge in [-0.3, -0.25) is 18.7 Å². The van der Waals surface area contributed by atoms with Crippen LogP contribution in [0.25, 0.3) is 0 Å². The maximum absolute atomic E-state index is 11.9. The van der Waals surface area contributed by atoms with E-state index in [0.29, 0.717) is 11.1 Å². The molecule has 0 aliphatic carbocycles. The van der Waals surface area contributed by atoms with Crippen molar-refractivity contribution in [3.8, 4) is 0 Å². The first kappa shape index (κ1) is 12.9. The lowest BCUT2D eigenvalue weighted by molar-refractivity contribution is 0.0647. The minimum atomic E-state index is -2.29. The molecule has 0 saturated carbocycles. The molecule has 2 atom stereocenters. The largest absolute Gasteiger partial charge is 0.772 e. The van der Waals surface area contributed by atoms with E-state index in [1.165, 1.54) is 0 Å². The van der Waals surface area contributed by atoms with Gasteiger partial charge in [0.25, 0.3) is 11.8 Å². The lowest BCUT2D eigenvalue weighted by atomic mass is 10.1. The molecular formula is C11H11N2O4S-. The summed E-state index contributed by atoms with van der Waals surface area (Å²) in [4.78, 5) is 24.8. The van der Waals surface area contributed by atoms with Crippen molar-refractivity contribution in [2.45, 2.75) is 6.04 Å². The summed E-state index contributed by atoms with van der Waals surface area (Å²) in [7, 11) is 0. The molecule has 6 nitrogen and oxygen atoms in total. The highest BCUT2D eigenvalue weighted by Gasteiger charge is 2.35. The van der Waals surface area contributed by atoms with Gasteiger partial charge in [-0.2, -0.15) is 0 Å². The highest BCUT2D eigenvalue weighted by Crippen LogP contribution is 2.22. The van der Waals surface area contributed by atoms with Crippen LogP contribution in [0.4, 0.5) is 0 Å². The summed E-state index contributed by atoms with van der Waals surface area (Å²) in [6.07, 6.45) is 0. The fourth-order valence-electron chi connectivity index (χ4n) is 1.87. The monoisotopic (exact) mass is 267 g/mol. The van der Waals surface area contributed by atoms with Gasteiger partial charge in [0.05, 0.1) is 11.1 Å². The number of nitrogens with zero attached hydrogens (tertiary/aromatic N) is 1. The fraction of sp³-hybridized carbons (Fsp3) is 0.273. The zero-order chi connectivity index (χ0) is 13.3. The molecule has 1 aromatic rings. The Morgan fingerprint density at radius 1 is 1.22 bits per heavy atom. The molecule has 0 fully saturated rings. The van der Waals surface area contributed by atoms with Crippen LogP contribution in [0.15, 0.2) is 24.3 Å². The van der Waals surface area contributed by atoms with E-state index in [1.54, 1.807) is 24.3 Å². The summed E-state index contributed by atoms with van der Waals surface area (Å²) in [5.41, 5.74) is 6.24. The van der Waals surface area contributed by atoms with Crippen LogP contribution in [-0.4, -0.2) is 43.8 Å². The molecule has 18 heavy (non-hydrogen) atoms. The van der Waals surface area contributed by atoms with Crippen LogP contribution in [0.1, 0.15) is 20.7 Å². The first-order valence-corrected chi connectivity index (χ1v) is 6.51. The summed E-state index contributed by atoms with van der Waals surface area (Å²) in [6.45, 7) is -0.0969. The SMILES string of the molecule is N[C@H](CN1C(=O)c2ccccc2C1=O)CS(=O)[O-]. The average Bonchev–Trinajstić information content (AvgIpc) is 2.54. The zero-order valence-electron chi connectivity index (χ0n) is 9.37. The lowest BCUT2D eigenvalue weighted by Crippen LogP contribution is -2.43. The van der Waals surface area contributed by atoms with Gasteiger partial charge in [-0.1, -0.05) is 23.2 Å². The third-order valence-corrected chi connectivity index (χ3v) is 3.35. The van der Waals surface area contributed by atoms with Crippen LogP contribution in [0, 0.1) is 0 Å². The van der Waals surface area contributed by atoms with E-state index in [2.05, 4.69) is 0 Å². The Balaban J connectivity index is 2.16. The normalized spacial score (nSPS) is 17.8. The number of amides is 2. The molecule has 2 N–H and O–H groups in total. The van der Waals surface area contributed by atoms with Gasteiger partial charge in [0.15, 0.2) is 0 Å². The van der Waals surface area contributed by atoms with E-state index in [1.807, 2.05) is 0 Å². The molecule has 7 heteroatoms. The first-order valence-electron chi connectivity index (χ1n) is 5.27. The molecule has 1 heterocycles. The van der Waals surface area contributed by atoms with Crippen LogP contribution in [-0.2, 0) is 11.1 Å². The lowest BCUT2D eigenvalue weighted by Gasteiger charge is -2.19. The number of imide groups is 1. The van der Waals surface area contributed by atoms with Crippen LogP contribution >= 0.6 is 0 Å². The standard InChI is InChI=1S/C11H12N2O4S/c12-7(6-18(16)17)5-13-10(14)8-3-1-2-4-9(8)11(13)15/h1-4,7H,5-6,12H2,(H,16,17)/p-1/t7-/m1/s1. The Kier molecular flexibility index (Phi) is 3.55. The van der Waals surface area contributed by atoms with Gasteiger partial charge < -0.3 is 10.3 Å². The number of carbonyl (C=O) groups excluding carboxylic acids is 2. The second-order valence-electron chi connectivity index (χ2n) is 4.00. The molecule has 2 amide bonds. The van der Waals surface area contributed by atoms with Gasteiger partial charge in [0, 0.05) is 18.3 Å². The summed E-state index contributed by atoms with van der Waals surface area (Å²) in [5, 5.41) is 0. The number of hydrogen-bond acceptors (Lipinski definition) is 5. The maximum atomic E-state index is 11.9. The van der Waals surface area contributed by atoms with Gasteiger partial charge in [0.2, 0.25) is 0 Å². The second-order valence-corrected chi connectivity index (χ2v) is 4.94.